The lowest BCUT2D eigenvalue weighted by atomic mass is 10.0. The third kappa shape index (κ3) is 4.73. The SMILES string of the molecule is COc1ccc(-c2nc3cc(C(C)C)ccc3o2)cc1NC(=O)c1cccc(-c2cc3ccccc3oc2=O)c1. The third-order valence-electron chi connectivity index (χ3n) is 6.85. The fourth-order valence-electron chi connectivity index (χ4n) is 4.65. The van der Waals surface area contributed by atoms with Crippen molar-refractivity contribution in [3.05, 3.63) is 113 Å². The molecule has 1 N–H and O–H groups in total. The topological polar surface area (TPSA) is 94.6 Å². The molecule has 6 aromatic rings. The summed E-state index contributed by atoms with van der Waals surface area (Å²) in [5.74, 6) is 0.948. The molecule has 0 radical (unpaired) electrons. The predicted molar refractivity (Wildman–Crippen MR) is 156 cm³/mol. The fourth-order valence-corrected chi connectivity index (χ4v) is 4.65. The Labute approximate surface area is 230 Å². The summed E-state index contributed by atoms with van der Waals surface area (Å²) in [6, 6.07) is 27.3. The average molecular weight is 531 g/mol. The van der Waals surface area contributed by atoms with E-state index in [9.17, 15) is 9.59 Å². The van der Waals surface area contributed by atoms with Crippen LogP contribution in [0.25, 0.3) is 44.7 Å². The number of fused-ring (bicyclic) bond motifs is 2. The van der Waals surface area contributed by atoms with E-state index in [2.05, 4.69) is 24.1 Å². The van der Waals surface area contributed by atoms with Gasteiger partial charge in [-0.15, -0.1) is 0 Å². The minimum Gasteiger partial charge on any atom is -0.495 e. The summed E-state index contributed by atoms with van der Waals surface area (Å²) in [7, 11) is 1.54. The van der Waals surface area contributed by atoms with E-state index in [1.54, 1.807) is 48.5 Å². The maximum atomic E-state index is 13.3. The highest BCUT2D eigenvalue weighted by molar-refractivity contribution is 6.06. The molecule has 0 fully saturated rings. The van der Waals surface area contributed by atoms with Gasteiger partial charge < -0.3 is 18.9 Å². The number of anilines is 1. The van der Waals surface area contributed by atoms with Crippen molar-refractivity contribution < 1.29 is 18.4 Å². The van der Waals surface area contributed by atoms with Gasteiger partial charge in [-0.2, -0.15) is 0 Å². The first kappa shape index (κ1) is 25.1. The standard InChI is InChI=1S/C33H26N2O5/c1-19(2)20-11-14-30-27(17-20)35-32(39-30)24-12-13-29(38-3)26(18-24)34-31(36)23-9-6-8-21(15-23)25-16-22-7-4-5-10-28(22)40-33(25)37/h4-19H,1-3H3,(H,34,36). The highest BCUT2D eigenvalue weighted by Crippen LogP contribution is 2.33. The molecule has 0 aliphatic heterocycles. The Morgan fingerprint density at radius 2 is 1.70 bits per heavy atom. The molecule has 0 saturated heterocycles. The summed E-state index contributed by atoms with van der Waals surface area (Å²) in [4.78, 5) is 30.7. The largest absolute Gasteiger partial charge is 0.495 e. The number of rotatable bonds is 6. The molecule has 0 atom stereocenters. The van der Waals surface area contributed by atoms with Gasteiger partial charge in [0.15, 0.2) is 5.58 Å². The minimum absolute atomic E-state index is 0.360. The van der Waals surface area contributed by atoms with Crippen molar-refractivity contribution in [2.45, 2.75) is 19.8 Å². The lowest BCUT2D eigenvalue weighted by Crippen LogP contribution is -2.13. The highest BCUT2D eigenvalue weighted by atomic mass is 16.5. The number of hydrogen-bond acceptors (Lipinski definition) is 6. The molecule has 0 aliphatic carbocycles. The number of para-hydroxylation sites is 1. The van der Waals surface area contributed by atoms with E-state index < -0.39 is 5.63 Å². The molecule has 0 aliphatic rings. The molecule has 2 aromatic heterocycles. The van der Waals surface area contributed by atoms with Gasteiger partial charge in [-0.05, 0) is 71.6 Å². The van der Waals surface area contributed by atoms with Crippen LogP contribution in [-0.2, 0) is 0 Å². The first-order valence-electron chi connectivity index (χ1n) is 12.9. The Balaban J connectivity index is 1.31. The van der Waals surface area contributed by atoms with E-state index in [1.807, 2.05) is 42.5 Å². The lowest BCUT2D eigenvalue weighted by Gasteiger charge is -2.12. The first-order valence-corrected chi connectivity index (χ1v) is 12.9. The van der Waals surface area contributed by atoms with Crippen LogP contribution in [0.3, 0.4) is 0 Å². The summed E-state index contributed by atoms with van der Waals surface area (Å²) >= 11 is 0. The Hall–Kier alpha value is -5.17. The molecule has 0 unspecified atom stereocenters. The molecule has 40 heavy (non-hydrogen) atoms. The molecule has 2 heterocycles. The van der Waals surface area contributed by atoms with E-state index >= 15 is 0 Å². The van der Waals surface area contributed by atoms with Crippen LogP contribution in [0, 0.1) is 0 Å². The number of methoxy groups -OCH3 is 1. The number of nitrogens with zero attached hydrogens (tertiary/aromatic N) is 1. The van der Waals surface area contributed by atoms with Crippen LogP contribution in [0.15, 0.2) is 105 Å². The smallest absolute Gasteiger partial charge is 0.344 e. The van der Waals surface area contributed by atoms with Crippen molar-refractivity contribution in [3.8, 4) is 28.3 Å². The van der Waals surface area contributed by atoms with Crippen molar-refractivity contribution in [3.63, 3.8) is 0 Å². The second-order valence-electron chi connectivity index (χ2n) is 9.84. The Morgan fingerprint density at radius 1 is 0.850 bits per heavy atom. The zero-order valence-corrected chi connectivity index (χ0v) is 22.2. The molecule has 1 amide bonds. The second-order valence-corrected chi connectivity index (χ2v) is 9.84. The molecular formula is C33H26N2O5. The maximum absolute atomic E-state index is 13.3. The van der Waals surface area contributed by atoms with Gasteiger partial charge in [-0.3, -0.25) is 4.79 Å². The number of nitrogens with one attached hydrogen (secondary N) is 1. The number of carbonyl (C=O) groups is 1. The Kier molecular flexibility index (Phi) is 6.40. The molecule has 0 spiro atoms. The highest BCUT2D eigenvalue weighted by Gasteiger charge is 2.16. The number of aromatic nitrogens is 1. The number of ether oxygens (including phenoxy) is 1. The van der Waals surface area contributed by atoms with E-state index in [-0.39, 0.29) is 5.91 Å². The molecule has 6 rings (SSSR count). The molecule has 0 saturated carbocycles. The summed E-state index contributed by atoms with van der Waals surface area (Å²) in [5.41, 5.74) is 5.19. The van der Waals surface area contributed by atoms with E-state index in [4.69, 9.17) is 13.6 Å². The van der Waals surface area contributed by atoms with Crippen LogP contribution in [0.1, 0.15) is 35.7 Å². The number of benzene rings is 4. The average Bonchev–Trinajstić information content (AvgIpc) is 3.40. The van der Waals surface area contributed by atoms with Gasteiger partial charge in [0.1, 0.15) is 16.8 Å². The molecule has 0 bridgehead atoms. The van der Waals surface area contributed by atoms with Crippen molar-refractivity contribution in [1.82, 2.24) is 4.98 Å². The van der Waals surface area contributed by atoms with Gasteiger partial charge >= 0.3 is 5.63 Å². The van der Waals surface area contributed by atoms with Gasteiger partial charge in [-0.25, -0.2) is 9.78 Å². The number of amides is 1. The molecule has 7 nitrogen and oxygen atoms in total. The molecule has 198 valence electrons. The third-order valence-corrected chi connectivity index (χ3v) is 6.85. The van der Waals surface area contributed by atoms with Crippen molar-refractivity contribution >= 4 is 33.7 Å². The van der Waals surface area contributed by atoms with Crippen LogP contribution in [0.4, 0.5) is 5.69 Å². The predicted octanol–water partition coefficient (Wildman–Crippen LogP) is 7.65. The van der Waals surface area contributed by atoms with E-state index in [0.717, 1.165) is 10.9 Å². The van der Waals surface area contributed by atoms with Crippen LogP contribution in [-0.4, -0.2) is 18.0 Å². The zero-order chi connectivity index (χ0) is 27.8. The van der Waals surface area contributed by atoms with Crippen molar-refractivity contribution in [2.75, 3.05) is 12.4 Å². The Morgan fingerprint density at radius 3 is 2.52 bits per heavy atom. The summed E-state index contributed by atoms with van der Waals surface area (Å²) in [6.45, 7) is 4.26. The van der Waals surface area contributed by atoms with Gasteiger partial charge in [0.2, 0.25) is 5.89 Å². The lowest BCUT2D eigenvalue weighted by molar-refractivity contribution is 0.102. The van der Waals surface area contributed by atoms with Crippen molar-refractivity contribution in [1.29, 1.82) is 0 Å². The number of hydrogen-bond donors (Lipinski definition) is 1. The van der Waals surface area contributed by atoms with Crippen LogP contribution in [0.5, 0.6) is 5.75 Å². The second kappa shape index (κ2) is 10.2. The van der Waals surface area contributed by atoms with Crippen LogP contribution < -0.4 is 15.7 Å². The fraction of sp³-hybridized carbons (Fsp3) is 0.121. The number of carbonyl (C=O) groups excluding carboxylic acids is 1. The van der Waals surface area contributed by atoms with Gasteiger partial charge in [-0.1, -0.05) is 50.2 Å². The maximum Gasteiger partial charge on any atom is 0.344 e. The quantitative estimate of drug-likeness (QED) is 0.222. The number of oxazole rings is 1. The summed E-state index contributed by atoms with van der Waals surface area (Å²) in [5, 5.41) is 3.73. The minimum atomic E-state index is -0.468. The van der Waals surface area contributed by atoms with Crippen LogP contribution >= 0.6 is 0 Å². The molecule has 4 aromatic carbocycles. The Bertz CT molecular complexity index is 1950. The zero-order valence-electron chi connectivity index (χ0n) is 22.2. The monoisotopic (exact) mass is 530 g/mol. The van der Waals surface area contributed by atoms with E-state index in [1.165, 1.54) is 12.7 Å². The normalized spacial score (nSPS) is 11.3. The van der Waals surface area contributed by atoms with Gasteiger partial charge in [0, 0.05) is 16.5 Å². The van der Waals surface area contributed by atoms with E-state index in [0.29, 0.717) is 56.7 Å². The van der Waals surface area contributed by atoms with Gasteiger partial charge in [0.05, 0.1) is 18.4 Å². The molecular weight excluding hydrogens is 504 g/mol. The van der Waals surface area contributed by atoms with Gasteiger partial charge in [0.25, 0.3) is 5.91 Å². The summed E-state index contributed by atoms with van der Waals surface area (Å²) in [6.07, 6.45) is 0. The first-order chi connectivity index (χ1) is 19.4. The molecule has 7 heteroatoms. The summed E-state index contributed by atoms with van der Waals surface area (Å²) < 4.78 is 17.0. The van der Waals surface area contributed by atoms with Crippen molar-refractivity contribution in [2.24, 2.45) is 0 Å². The van der Waals surface area contributed by atoms with Crippen LogP contribution in [0.2, 0.25) is 0 Å².